The van der Waals surface area contributed by atoms with Crippen LogP contribution in [0.4, 0.5) is 4.39 Å². The maximum absolute atomic E-state index is 13.2. The quantitative estimate of drug-likeness (QED) is 0.646. The van der Waals surface area contributed by atoms with Gasteiger partial charge in [-0.1, -0.05) is 36.7 Å². The van der Waals surface area contributed by atoms with Crippen LogP contribution < -0.4 is 11.3 Å². The third kappa shape index (κ3) is 3.76. The Labute approximate surface area is 111 Å². The largest absolute Gasteiger partial charge is 0.271 e. The lowest BCUT2D eigenvalue weighted by Crippen LogP contribution is -2.47. The van der Waals surface area contributed by atoms with Gasteiger partial charge in [0.15, 0.2) is 0 Å². The molecule has 0 bridgehead atoms. The fraction of sp³-hybridized carbons (Fsp3) is 0.538. The van der Waals surface area contributed by atoms with Crippen LogP contribution in [0.25, 0.3) is 0 Å². The Morgan fingerprint density at radius 3 is 2.65 bits per heavy atom. The van der Waals surface area contributed by atoms with Crippen molar-refractivity contribution >= 4 is 15.9 Å². The molecule has 96 valence electrons. The molecule has 0 fully saturated rings. The van der Waals surface area contributed by atoms with Gasteiger partial charge in [0.1, 0.15) is 5.82 Å². The first-order chi connectivity index (χ1) is 7.90. The summed E-state index contributed by atoms with van der Waals surface area (Å²) in [6, 6.07) is 4.85. The van der Waals surface area contributed by atoms with Gasteiger partial charge in [-0.2, -0.15) is 0 Å². The van der Waals surface area contributed by atoms with Crippen molar-refractivity contribution in [1.29, 1.82) is 0 Å². The standard InChI is InChI=1S/C13H20BrFN2/c1-4-13(2,3)12(17-16)8-9-7-10(15)5-6-11(9)14/h5-7,12,17H,4,8,16H2,1-3H3. The van der Waals surface area contributed by atoms with E-state index in [1.165, 1.54) is 6.07 Å². The van der Waals surface area contributed by atoms with Crippen molar-refractivity contribution < 1.29 is 4.39 Å². The number of hydrogen-bond acceptors (Lipinski definition) is 2. The summed E-state index contributed by atoms with van der Waals surface area (Å²) in [4.78, 5) is 0. The molecule has 0 aromatic heterocycles. The van der Waals surface area contributed by atoms with Gasteiger partial charge in [0.2, 0.25) is 0 Å². The Morgan fingerprint density at radius 1 is 1.47 bits per heavy atom. The molecule has 0 saturated heterocycles. The summed E-state index contributed by atoms with van der Waals surface area (Å²) in [5, 5.41) is 0. The van der Waals surface area contributed by atoms with Crippen molar-refractivity contribution in [2.75, 3.05) is 0 Å². The summed E-state index contributed by atoms with van der Waals surface area (Å²) >= 11 is 3.44. The molecule has 0 spiro atoms. The van der Waals surface area contributed by atoms with Crippen molar-refractivity contribution in [3.8, 4) is 0 Å². The third-order valence-electron chi connectivity index (χ3n) is 3.49. The average molecular weight is 303 g/mol. The van der Waals surface area contributed by atoms with Crippen LogP contribution in [0.2, 0.25) is 0 Å². The number of hydrazine groups is 1. The molecule has 0 aliphatic rings. The van der Waals surface area contributed by atoms with Crippen molar-refractivity contribution in [2.24, 2.45) is 11.3 Å². The zero-order chi connectivity index (χ0) is 13.1. The van der Waals surface area contributed by atoms with Crippen LogP contribution in [0.1, 0.15) is 32.8 Å². The van der Waals surface area contributed by atoms with Gasteiger partial charge in [-0.25, -0.2) is 4.39 Å². The van der Waals surface area contributed by atoms with Crippen LogP contribution in [0, 0.1) is 11.2 Å². The normalized spacial score (nSPS) is 13.8. The topological polar surface area (TPSA) is 38.0 Å². The number of rotatable bonds is 5. The Bertz CT molecular complexity index is 380. The molecule has 0 radical (unpaired) electrons. The van der Waals surface area contributed by atoms with Gasteiger partial charge in [-0.15, -0.1) is 0 Å². The van der Waals surface area contributed by atoms with Crippen molar-refractivity contribution in [3.63, 3.8) is 0 Å². The van der Waals surface area contributed by atoms with Crippen LogP contribution in [0.15, 0.2) is 22.7 Å². The number of benzene rings is 1. The molecule has 2 nitrogen and oxygen atoms in total. The minimum atomic E-state index is -0.215. The van der Waals surface area contributed by atoms with Crippen molar-refractivity contribution in [1.82, 2.24) is 5.43 Å². The van der Waals surface area contributed by atoms with E-state index < -0.39 is 0 Å². The number of nitrogens with one attached hydrogen (secondary N) is 1. The van der Waals surface area contributed by atoms with E-state index in [-0.39, 0.29) is 17.3 Å². The lowest BCUT2D eigenvalue weighted by molar-refractivity contribution is 0.231. The Kier molecular flexibility index (Phi) is 5.10. The molecule has 17 heavy (non-hydrogen) atoms. The molecule has 0 saturated carbocycles. The van der Waals surface area contributed by atoms with Crippen molar-refractivity contribution in [3.05, 3.63) is 34.1 Å². The number of hydrogen-bond donors (Lipinski definition) is 2. The lowest BCUT2D eigenvalue weighted by atomic mass is 9.79. The van der Waals surface area contributed by atoms with E-state index >= 15 is 0 Å². The molecule has 0 amide bonds. The van der Waals surface area contributed by atoms with Crippen LogP contribution in [0.5, 0.6) is 0 Å². The van der Waals surface area contributed by atoms with E-state index in [2.05, 4.69) is 42.1 Å². The molecular weight excluding hydrogens is 283 g/mol. The molecule has 1 atom stereocenters. The SMILES string of the molecule is CCC(C)(C)C(Cc1cc(F)ccc1Br)NN. The number of nitrogens with two attached hydrogens (primary N) is 1. The van der Waals surface area contributed by atoms with Crippen LogP contribution in [-0.4, -0.2) is 6.04 Å². The minimum Gasteiger partial charge on any atom is -0.271 e. The molecule has 0 aliphatic carbocycles. The van der Waals surface area contributed by atoms with E-state index in [1.54, 1.807) is 12.1 Å². The second-order valence-corrected chi connectivity index (χ2v) is 5.86. The van der Waals surface area contributed by atoms with Crippen LogP contribution in [-0.2, 0) is 6.42 Å². The Morgan fingerprint density at radius 2 is 2.12 bits per heavy atom. The highest BCUT2D eigenvalue weighted by Gasteiger charge is 2.27. The Balaban J connectivity index is 2.91. The van der Waals surface area contributed by atoms with E-state index in [9.17, 15) is 4.39 Å². The first-order valence-electron chi connectivity index (χ1n) is 5.80. The molecular formula is C13H20BrFN2. The highest BCUT2D eigenvalue weighted by atomic mass is 79.9. The summed E-state index contributed by atoms with van der Waals surface area (Å²) < 4.78 is 14.1. The van der Waals surface area contributed by atoms with Gasteiger partial charge in [0.25, 0.3) is 0 Å². The molecule has 1 aromatic rings. The molecule has 0 heterocycles. The lowest BCUT2D eigenvalue weighted by Gasteiger charge is -2.33. The van der Waals surface area contributed by atoms with Gasteiger partial charge in [-0.3, -0.25) is 11.3 Å². The Hall–Kier alpha value is -0.450. The van der Waals surface area contributed by atoms with E-state index in [0.717, 1.165) is 16.5 Å². The average Bonchev–Trinajstić information content (AvgIpc) is 2.30. The maximum atomic E-state index is 13.2. The van der Waals surface area contributed by atoms with Gasteiger partial charge in [0, 0.05) is 10.5 Å². The zero-order valence-corrected chi connectivity index (χ0v) is 12.1. The van der Waals surface area contributed by atoms with E-state index in [0.29, 0.717) is 6.42 Å². The highest BCUT2D eigenvalue weighted by Crippen LogP contribution is 2.29. The van der Waals surface area contributed by atoms with Gasteiger partial charge in [0.05, 0.1) is 0 Å². The van der Waals surface area contributed by atoms with Crippen LogP contribution in [0.3, 0.4) is 0 Å². The van der Waals surface area contributed by atoms with Crippen LogP contribution >= 0.6 is 15.9 Å². The van der Waals surface area contributed by atoms with Crippen molar-refractivity contribution in [2.45, 2.75) is 39.7 Å². The molecule has 1 aromatic carbocycles. The zero-order valence-electron chi connectivity index (χ0n) is 10.6. The summed E-state index contributed by atoms with van der Waals surface area (Å²) in [5.74, 6) is 5.40. The smallest absolute Gasteiger partial charge is 0.123 e. The maximum Gasteiger partial charge on any atom is 0.123 e. The summed E-state index contributed by atoms with van der Waals surface area (Å²) in [7, 11) is 0. The predicted molar refractivity (Wildman–Crippen MR) is 73.0 cm³/mol. The van der Waals surface area contributed by atoms with Gasteiger partial charge < -0.3 is 0 Å². The monoisotopic (exact) mass is 302 g/mol. The molecule has 1 unspecified atom stereocenters. The molecule has 0 aliphatic heterocycles. The minimum absolute atomic E-state index is 0.0699. The molecule has 4 heteroatoms. The highest BCUT2D eigenvalue weighted by molar-refractivity contribution is 9.10. The summed E-state index contributed by atoms with van der Waals surface area (Å²) in [6.07, 6.45) is 1.71. The second kappa shape index (κ2) is 5.94. The molecule has 1 rings (SSSR count). The fourth-order valence-electron chi connectivity index (χ4n) is 1.73. The third-order valence-corrected chi connectivity index (χ3v) is 4.26. The summed E-state index contributed by atoms with van der Waals surface area (Å²) in [5.41, 5.74) is 3.85. The second-order valence-electron chi connectivity index (χ2n) is 5.00. The first-order valence-corrected chi connectivity index (χ1v) is 6.60. The van der Waals surface area contributed by atoms with Gasteiger partial charge >= 0.3 is 0 Å². The number of halogens is 2. The predicted octanol–water partition coefficient (Wildman–Crippen LogP) is 3.40. The first kappa shape index (κ1) is 14.6. The summed E-state index contributed by atoms with van der Waals surface area (Å²) in [6.45, 7) is 6.44. The van der Waals surface area contributed by atoms with E-state index in [4.69, 9.17) is 5.84 Å². The van der Waals surface area contributed by atoms with E-state index in [1.807, 2.05) is 0 Å². The molecule has 3 N–H and O–H groups in total. The fourth-order valence-corrected chi connectivity index (χ4v) is 2.14. The van der Waals surface area contributed by atoms with Gasteiger partial charge in [-0.05, 0) is 42.0 Å².